The average molecular weight is 271 g/mol. The molecule has 1 aromatic rings. The highest BCUT2D eigenvalue weighted by atomic mass is 16.2. The van der Waals surface area contributed by atoms with Gasteiger partial charge >= 0.3 is 0 Å². The molecule has 0 saturated heterocycles. The molecule has 0 aromatic heterocycles. The Balaban J connectivity index is 1.74. The number of rotatable bonds is 4. The van der Waals surface area contributed by atoms with E-state index in [1.807, 2.05) is 35.2 Å². The fraction of sp³-hybridized carbons (Fsp3) is 0.400. The van der Waals surface area contributed by atoms with E-state index in [2.05, 4.69) is 10.5 Å². The minimum absolute atomic E-state index is 0.0450. The van der Waals surface area contributed by atoms with Gasteiger partial charge in [0.1, 0.15) is 5.71 Å². The lowest BCUT2D eigenvalue weighted by Gasteiger charge is -2.24. The van der Waals surface area contributed by atoms with Crippen LogP contribution < -0.4 is 5.43 Å². The molecule has 1 heterocycles. The van der Waals surface area contributed by atoms with Crippen LogP contribution in [0.2, 0.25) is 0 Å². The molecule has 1 aliphatic carbocycles. The molecular formula is C15H17N3O2. The molecule has 1 aliphatic heterocycles. The Morgan fingerprint density at radius 2 is 2.00 bits per heavy atom. The van der Waals surface area contributed by atoms with Crippen LogP contribution in [0.3, 0.4) is 0 Å². The average Bonchev–Trinajstić information content (AvgIpc) is 3.30. The summed E-state index contributed by atoms with van der Waals surface area (Å²) in [4.78, 5) is 25.5. The van der Waals surface area contributed by atoms with Crippen molar-refractivity contribution in [2.24, 2.45) is 5.10 Å². The van der Waals surface area contributed by atoms with Crippen molar-refractivity contribution in [3.8, 4) is 0 Å². The van der Waals surface area contributed by atoms with Gasteiger partial charge in [-0.1, -0.05) is 30.3 Å². The number of nitrogens with zero attached hydrogens (tertiary/aromatic N) is 2. The Morgan fingerprint density at radius 1 is 1.25 bits per heavy atom. The molecule has 1 aromatic carbocycles. The second-order valence-electron chi connectivity index (χ2n) is 5.24. The maximum atomic E-state index is 12.5. The predicted molar refractivity (Wildman–Crippen MR) is 74.8 cm³/mol. The van der Waals surface area contributed by atoms with Crippen LogP contribution in [-0.4, -0.2) is 28.5 Å². The van der Waals surface area contributed by atoms with Gasteiger partial charge in [-0.2, -0.15) is 5.10 Å². The maximum Gasteiger partial charge on any atom is 0.270 e. The summed E-state index contributed by atoms with van der Waals surface area (Å²) in [6.45, 7) is 0.608. The topological polar surface area (TPSA) is 61.8 Å². The highest BCUT2D eigenvalue weighted by molar-refractivity contribution is 6.39. The van der Waals surface area contributed by atoms with Crippen LogP contribution >= 0.6 is 0 Å². The zero-order chi connectivity index (χ0) is 13.9. The zero-order valence-electron chi connectivity index (χ0n) is 11.2. The summed E-state index contributed by atoms with van der Waals surface area (Å²) >= 11 is 0. The molecule has 3 rings (SSSR count). The lowest BCUT2D eigenvalue weighted by molar-refractivity contribution is -0.125. The highest BCUT2D eigenvalue weighted by Crippen LogP contribution is 2.29. The molecule has 0 spiro atoms. The standard InChI is InChI=1S/C15H17N3O2/c19-14-9-8-13(16-17-14)15(20)18(12-6-7-12)10-11-4-2-1-3-5-11/h1-5,12H,6-10H2,(H,17,19). The molecule has 0 atom stereocenters. The van der Waals surface area contributed by atoms with Crippen LogP contribution in [0.4, 0.5) is 0 Å². The van der Waals surface area contributed by atoms with Gasteiger partial charge in [0, 0.05) is 25.4 Å². The monoisotopic (exact) mass is 271 g/mol. The SMILES string of the molecule is O=C1CCC(C(=O)N(Cc2ccccc2)C2CC2)=NN1. The first-order valence-corrected chi connectivity index (χ1v) is 6.94. The summed E-state index contributed by atoms with van der Waals surface area (Å²) in [6.07, 6.45) is 2.88. The van der Waals surface area contributed by atoms with E-state index in [1.165, 1.54) is 0 Å². The van der Waals surface area contributed by atoms with E-state index in [0.29, 0.717) is 31.1 Å². The third-order valence-corrected chi connectivity index (χ3v) is 3.60. The Labute approximate surface area is 117 Å². The molecule has 0 bridgehead atoms. The third kappa shape index (κ3) is 2.87. The summed E-state index contributed by atoms with van der Waals surface area (Å²) in [5.74, 6) is -0.168. The quantitative estimate of drug-likeness (QED) is 0.900. The fourth-order valence-electron chi connectivity index (χ4n) is 2.33. The minimum Gasteiger partial charge on any atom is -0.330 e. The number of nitrogens with one attached hydrogen (secondary N) is 1. The summed E-state index contributed by atoms with van der Waals surface area (Å²) in [7, 11) is 0. The van der Waals surface area contributed by atoms with E-state index in [9.17, 15) is 9.59 Å². The lowest BCUT2D eigenvalue weighted by atomic mass is 10.1. The number of carbonyl (C=O) groups excluding carboxylic acids is 2. The second-order valence-corrected chi connectivity index (χ2v) is 5.24. The smallest absolute Gasteiger partial charge is 0.270 e. The largest absolute Gasteiger partial charge is 0.330 e. The van der Waals surface area contributed by atoms with Gasteiger partial charge in [0.2, 0.25) is 5.91 Å². The van der Waals surface area contributed by atoms with Crippen molar-refractivity contribution in [1.29, 1.82) is 0 Å². The molecule has 104 valence electrons. The third-order valence-electron chi connectivity index (χ3n) is 3.60. The number of amides is 2. The normalized spacial score (nSPS) is 18.2. The van der Waals surface area contributed by atoms with Crippen molar-refractivity contribution in [2.75, 3.05) is 0 Å². The number of carbonyl (C=O) groups is 2. The molecule has 20 heavy (non-hydrogen) atoms. The molecule has 2 amide bonds. The van der Waals surface area contributed by atoms with Crippen molar-refractivity contribution in [1.82, 2.24) is 10.3 Å². The van der Waals surface area contributed by atoms with Gasteiger partial charge < -0.3 is 4.90 Å². The summed E-state index contributed by atoms with van der Waals surface area (Å²) in [5.41, 5.74) is 3.98. The van der Waals surface area contributed by atoms with Crippen LogP contribution in [0.25, 0.3) is 0 Å². The van der Waals surface area contributed by atoms with Crippen LogP contribution in [-0.2, 0) is 16.1 Å². The molecule has 0 radical (unpaired) electrons. The molecule has 1 saturated carbocycles. The predicted octanol–water partition coefficient (Wildman–Crippen LogP) is 1.44. The highest BCUT2D eigenvalue weighted by Gasteiger charge is 2.35. The molecule has 0 unspecified atom stereocenters. The minimum atomic E-state index is -0.123. The number of hydrogen-bond donors (Lipinski definition) is 1. The van der Waals surface area contributed by atoms with Crippen molar-refractivity contribution < 1.29 is 9.59 Å². The van der Waals surface area contributed by atoms with Crippen molar-refractivity contribution in [3.63, 3.8) is 0 Å². The van der Waals surface area contributed by atoms with Gasteiger partial charge in [-0.25, -0.2) is 5.43 Å². The molecule has 5 nitrogen and oxygen atoms in total. The molecular weight excluding hydrogens is 254 g/mol. The summed E-state index contributed by atoms with van der Waals surface area (Å²) in [5, 5.41) is 3.91. The lowest BCUT2D eigenvalue weighted by Crippen LogP contribution is -2.41. The Bertz CT molecular complexity index is 549. The fourth-order valence-corrected chi connectivity index (χ4v) is 2.33. The molecule has 1 fully saturated rings. The second kappa shape index (κ2) is 5.45. The number of benzene rings is 1. The first-order valence-electron chi connectivity index (χ1n) is 6.94. The van der Waals surface area contributed by atoms with E-state index in [4.69, 9.17) is 0 Å². The van der Waals surface area contributed by atoms with Crippen LogP contribution in [0, 0.1) is 0 Å². The first-order chi connectivity index (χ1) is 9.74. The van der Waals surface area contributed by atoms with E-state index in [-0.39, 0.29) is 11.8 Å². The van der Waals surface area contributed by atoms with E-state index in [1.54, 1.807) is 0 Å². The van der Waals surface area contributed by atoms with Crippen molar-refractivity contribution >= 4 is 17.5 Å². The van der Waals surface area contributed by atoms with Gasteiger partial charge in [0.25, 0.3) is 5.91 Å². The molecule has 1 N–H and O–H groups in total. The van der Waals surface area contributed by atoms with E-state index >= 15 is 0 Å². The Morgan fingerprint density at radius 3 is 2.60 bits per heavy atom. The van der Waals surface area contributed by atoms with Gasteiger partial charge in [0.05, 0.1) is 0 Å². The zero-order valence-corrected chi connectivity index (χ0v) is 11.2. The van der Waals surface area contributed by atoms with Crippen LogP contribution in [0.5, 0.6) is 0 Å². The van der Waals surface area contributed by atoms with Gasteiger partial charge in [-0.05, 0) is 18.4 Å². The Kier molecular flexibility index (Phi) is 3.50. The maximum absolute atomic E-state index is 12.5. The van der Waals surface area contributed by atoms with Crippen LogP contribution in [0.1, 0.15) is 31.2 Å². The molecule has 5 heteroatoms. The van der Waals surface area contributed by atoms with Gasteiger partial charge in [-0.3, -0.25) is 9.59 Å². The van der Waals surface area contributed by atoms with Gasteiger partial charge in [0.15, 0.2) is 0 Å². The Hall–Kier alpha value is -2.17. The van der Waals surface area contributed by atoms with E-state index < -0.39 is 0 Å². The van der Waals surface area contributed by atoms with Gasteiger partial charge in [-0.15, -0.1) is 0 Å². The van der Waals surface area contributed by atoms with E-state index in [0.717, 1.165) is 18.4 Å². The summed E-state index contributed by atoms with van der Waals surface area (Å²) in [6, 6.07) is 10.3. The van der Waals surface area contributed by atoms with Crippen LogP contribution in [0.15, 0.2) is 35.4 Å². The van der Waals surface area contributed by atoms with Crippen molar-refractivity contribution in [2.45, 2.75) is 38.3 Å². The number of hydrogen-bond acceptors (Lipinski definition) is 3. The number of hydrazone groups is 1. The summed E-state index contributed by atoms with van der Waals surface area (Å²) < 4.78 is 0. The first kappa shape index (κ1) is 12.8. The van der Waals surface area contributed by atoms with Crippen molar-refractivity contribution in [3.05, 3.63) is 35.9 Å². The molecule has 2 aliphatic rings.